The van der Waals surface area contributed by atoms with Crippen molar-refractivity contribution in [3.63, 3.8) is 0 Å². The lowest BCUT2D eigenvalue weighted by atomic mass is 10.3. The van der Waals surface area contributed by atoms with Crippen molar-refractivity contribution in [1.29, 1.82) is 0 Å². The molecule has 0 aliphatic carbocycles. The lowest BCUT2D eigenvalue weighted by molar-refractivity contribution is 0.870. The smallest absolute Gasteiger partial charge is 0.200 e. The molecule has 19 heavy (non-hydrogen) atoms. The van der Waals surface area contributed by atoms with E-state index in [1.807, 2.05) is 48.5 Å². The number of aromatic nitrogens is 3. The van der Waals surface area contributed by atoms with Crippen LogP contribution in [-0.2, 0) is 0 Å². The van der Waals surface area contributed by atoms with Gasteiger partial charge in [-0.25, -0.2) is 0 Å². The molecule has 1 heterocycles. The van der Waals surface area contributed by atoms with Gasteiger partial charge in [-0.3, -0.25) is 0 Å². The molecule has 0 spiro atoms. The van der Waals surface area contributed by atoms with Crippen molar-refractivity contribution in [2.45, 2.75) is 0 Å². The molecule has 4 nitrogen and oxygen atoms in total. The Kier molecular flexibility index (Phi) is 3.27. The molecule has 3 rings (SSSR count). The quantitative estimate of drug-likeness (QED) is 0.693. The van der Waals surface area contributed by atoms with E-state index in [2.05, 4.69) is 31.6 Å². The third-order valence-electron chi connectivity index (χ3n) is 2.64. The number of benzene rings is 2. The molecule has 0 saturated carbocycles. The zero-order valence-corrected chi connectivity index (χ0v) is 12.1. The van der Waals surface area contributed by atoms with Crippen molar-refractivity contribution in [3.05, 3.63) is 53.0 Å². The van der Waals surface area contributed by atoms with Gasteiger partial charge in [-0.1, -0.05) is 33.3 Å². The molecule has 0 bridgehead atoms. The van der Waals surface area contributed by atoms with Gasteiger partial charge in [0.1, 0.15) is 5.52 Å². The van der Waals surface area contributed by atoms with Crippen LogP contribution >= 0.6 is 28.1 Å². The second-order valence-electron chi connectivity index (χ2n) is 3.93. The number of para-hydroxylation sites is 1. The molecule has 0 aliphatic rings. The number of hydrogen-bond donors (Lipinski definition) is 1. The first kappa shape index (κ1) is 12.3. The van der Waals surface area contributed by atoms with Crippen LogP contribution in [0.1, 0.15) is 0 Å². The van der Waals surface area contributed by atoms with Gasteiger partial charge in [0.15, 0.2) is 0 Å². The summed E-state index contributed by atoms with van der Waals surface area (Å²) in [5, 5.41) is 11.8. The summed E-state index contributed by atoms with van der Waals surface area (Å²) < 4.78 is 2.64. The standard InChI is InChI=1S/C13H9BrN4S/c14-9-5-7-10(8-6-9)15-13(19)18-12-4-2-1-3-11(12)16-17-18/h1-8H,(H,15,19). The Morgan fingerprint density at radius 3 is 2.63 bits per heavy atom. The van der Waals surface area contributed by atoms with Gasteiger partial charge in [0, 0.05) is 10.2 Å². The van der Waals surface area contributed by atoms with E-state index in [1.54, 1.807) is 4.68 Å². The predicted molar refractivity (Wildman–Crippen MR) is 83.3 cm³/mol. The summed E-state index contributed by atoms with van der Waals surface area (Å²) >= 11 is 8.75. The first-order chi connectivity index (χ1) is 9.24. The summed E-state index contributed by atoms with van der Waals surface area (Å²) in [6.07, 6.45) is 0. The molecule has 3 aromatic rings. The minimum atomic E-state index is 0.496. The average Bonchev–Trinajstić information content (AvgIpc) is 2.85. The van der Waals surface area contributed by atoms with Crippen LogP contribution < -0.4 is 5.32 Å². The molecule has 0 atom stereocenters. The van der Waals surface area contributed by atoms with Crippen molar-refractivity contribution in [1.82, 2.24) is 15.0 Å². The van der Waals surface area contributed by atoms with Crippen LogP contribution in [0.3, 0.4) is 0 Å². The van der Waals surface area contributed by atoms with E-state index in [0.717, 1.165) is 21.2 Å². The fraction of sp³-hybridized carbons (Fsp3) is 0. The van der Waals surface area contributed by atoms with E-state index in [0.29, 0.717) is 5.11 Å². The normalized spacial score (nSPS) is 10.6. The van der Waals surface area contributed by atoms with Gasteiger partial charge in [0.05, 0.1) is 5.52 Å². The van der Waals surface area contributed by atoms with Crippen molar-refractivity contribution < 1.29 is 0 Å². The number of thiocarbonyl (C=S) groups is 1. The average molecular weight is 333 g/mol. The zero-order chi connectivity index (χ0) is 13.2. The number of nitrogens with one attached hydrogen (secondary N) is 1. The van der Waals surface area contributed by atoms with Gasteiger partial charge in [0.2, 0.25) is 5.11 Å². The first-order valence-electron chi connectivity index (χ1n) is 5.61. The van der Waals surface area contributed by atoms with Gasteiger partial charge in [-0.2, -0.15) is 4.68 Å². The van der Waals surface area contributed by atoms with Crippen LogP contribution in [-0.4, -0.2) is 20.1 Å². The van der Waals surface area contributed by atoms with E-state index >= 15 is 0 Å². The number of anilines is 1. The van der Waals surface area contributed by atoms with Crippen LogP contribution in [0.2, 0.25) is 0 Å². The van der Waals surface area contributed by atoms with Crippen LogP contribution in [0, 0.1) is 0 Å². The fourth-order valence-electron chi connectivity index (χ4n) is 1.73. The molecule has 6 heteroatoms. The summed E-state index contributed by atoms with van der Waals surface area (Å²) in [6.45, 7) is 0. The van der Waals surface area contributed by atoms with Crippen molar-refractivity contribution in [2.75, 3.05) is 5.32 Å². The third-order valence-corrected chi connectivity index (χ3v) is 3.44. The Bertz CT molecular complexity index is 736. The predicted octanol–water partition coefficient (Wildman–Crippen LogP) is 3.44. The highest BCUT2D eigenvalue weighted by molar-refractivity contribution is 9.10. The van der Waals surface area contributed by atoms with E-state index in [9.17, 15) is 0 Å². The van der Waals surface area contributed by atoms with Crippen LogP contribution in [0.4, 0.5) is 5.69 Å². The summed E-state index contributed by atoms with van der Waals surface area (Å²) in [7, 11) is 0. The molecular formula is C13H9BrN4S. The molecular weight excluding hydrogens is 324 g/mol. The highest BCUT2D eigenvalue weighted by atomic mass is 79.9. The van der Waals surface area contributed by atoms with Gasteiger partial charge >= 0.3 is 0 Å². The summed E-state index contributed by atoms with van der Waals surface area (Å²) in [5.41, 5.74) is 2.62. The fourth-order valence-corrected chi connectivity index (χ4v) is 2.25. The molecule has 1 aromatic heterocycles. The highest BCUT2D eigenvalue weighted by Gasteiger charge is 2.07. The Hall–Kier alpha value is -1.79. The molecule has 0 amide bonds. The molecule has 0 saturated heterocycles. The zero-order valence-electron chi connectivity index (χ0n) is 9.75. The topological polar surface area (TPSA) is 42.7 Å². The maximum Gasteiger partial charge on any atom is 0.200 e. The second kappa shape index (κ2) is 5.07. The van der Waals surface area contributed by atoms with Gasteiger partial charge in [0.25, 0.3) is 0 Å². The van der Waals surface area contributed by atoms with E-state index in [1.165, 1.54) is 0 Å². The minimum Gasteiger partial charge on any atom is -0.331 e. The van der Waals surface area contributed by atoms with Crippen LogP contribution in [0.15, 0.2) is 53.0 Å². The number of rotatable bonds is 1. The lowest BCUT2D eigenvalue weighted by Crippen LogP contribution is -2.20. The Labute approximate surface area is 123 Å². The van der Waals surface area contributed by atoms with E-state index in [4.69, 9.17) is 12.2 Å². The van der Waals surface area contributed by atoms with E-state index < -0.39 is 0 Å². The summed E-state index contributed by atoms with van der Waals surface area (Å²) in [5.74, 6) is 0. The Morgan fingerprint density at radius 1 is 1.11 bits per heavy atom. The third kappa shape index (κ3) is 2.50. The SMILES string of the molecule is S=C(Nc1ccc(Br)cc1)n1nnc2ccccc21. The number of halogens is 1. The number of nitrogens with zero attached hydrogens (tertiary/aromatic N) is 3. The second-order valence-corrected chi connectivity index (χ2v) is 5.23. The maximum absolute atomic E-state index is 5.35. The van der Waals surface area contributed by atoms with Crippen LogP contribution in [0.5, 0.6) is 0 Å². The van der Waals surface area contributed by atoms with Crippen molar-refractivity contribution in [3.8, 4) is 0 Å². The first-order valence-corrected chi connectivity index (χ1v) is 6.81. The summed E-state index contributed by atoms with van der Waals surface area (Å²) in [4.78, 5) is 0. The molecule has 0 aliphatic heterocycles. The molecule has 0 unspecified atom stereocenters. The van der Waals surface area contributed by atoms with E-state index in [-0.39, 0.29) is 0 Å². The van der Waals surface area contributed by atoms with Gasteiger partial charge < -0.3 is 5.32 Å². The Balaban J connectivity index is 1.90. The maximum atomic E-state index is 5.35. The summed E-state index contributed by atoms with van der Waals surface area (Å²) in [6, 6.07) is 15.5. The molecule has 0 radical (unpaired) electrons. The highest BCUT2D eigenvalue weighted by Crippen LogP contribution is 2.15. The molecule has 94 valence electrons. The number of hydrogen-bond acceptors (Lipinski definition) is 3. The number of fused-ring (bicyclic) bond motifs is 1. The van der Waals surface area contributed by atoms with Gasteiger partial charge in [-0.15, -0.1) is 5.10 Å². The van der Waals surface area contributed by atoms with Gasteiger partial charge in [-0.05, 0) is 48.6 Å². The van der Waals surface area contributed by atoms with Crippen molar-refractivity contribution >= 4 is 50.0 Å². The Morgan fingerprint density at radius 2 is 1.84 bits per heavy atom. The molecule has 0 fully saturated rings. The molecule has 2 aromatic carbocycles. The lowest BCUT2D eigenvalue weighted by Gasteiger charge is -2.07. The minimum absolute atomic E-state index is 0.496. The monoisotopic (exact) mass is 332 g/mol. The van der Waals surface area contributed by atoms with Crippen LogP contribution in [0.25, 0.3) is 11.0 Å². The largest absolute Gasteiger partial charge is 0.331 e. The van der Waals surface area contributed by atoms with Crippen molar-refractivity contribution in [2.24, 2.45) is 0 Å². The molecule has 1 N–H and O–H groups in total.